The number of hydrogen-bond donors (Lipinski definition) is 1. The summed E-state index contributed by atoms with van der Waals surface area (Å²) in [7, 11) is 2.06. The summed E-state index contributed by atoms with van der Waals surface area (Å²) in [5, 5.41) is 3.73. The first-order valence-electron chi connectivity index (χ1n) is 9.53. The van der Waals surface area contributed by atoms with Gasteiger partial charge in [0.05, 0.1) is 0 Å². The highest BCUT2D eigenvalue weighted by molar-refractivity contribution is 5.45. The second-order valence-corrected chi connectivity index (χ2v) is 7.14. The molecule has 2 heterocycles. The fraction of sp³-hybridized carbons (Fsp3) is 0.476. The second kappa shape index (κ2) is 7.54. The van der Waals surface area contributed by atoms with Crippen LogP contribution < -0.4 is 19.7 Å². The Morgan fingerprint density at radius 2 is 1.96 bits per heavy atom. The normalized spacial score (nSPS) is 17.0. The maximum atomic E-state index is 5.76. The summed E-state index contributed by atoms with van der Waals surface area (Å²) in [4.78, 5) is 6.71. The highest BCUT2D eigenvalue weighted by atomic mass is 16.6. The van der Waals surface area contributed by atoms with Gasteiger partial charge in [0, 0.05) is 32.4 Å². The third-order valence-electron chi connectivity index (χ3n) is 5.22. The van der Waals surface area contributed by atoms with Crippen LogP contribution in [-0.2, 0) is 6.54 Å². The molecule has 1 aliphatic carbocycles. The number of anilines is 1. The monoisotopic (exact) mass is 353 g/mol. The number of benzene rings is 1. The number of pyridine rings is 1. The first kappa shape index (κ1) is 17.2. The minimum atomic E-state index is 0.351. The van der Waals surface area contributed by atoms with Crippen molar-refractivity contribution in [2.45, 2.75) is 32.4 Å². The van der Waals surface area contributed by atoms with Crippen molar-refractivity contribution in [2.24, 2.45) is 5.92 Å². The van der Waals surface area contributed by atoms with E-state index in [0.29, 0.717) is 25.2 Å². The Bertz CT molecular complexity index is 743. The zero-order valence-electron chi connectivity index (χ0n) is 15.6. The lowest BCUT2D eigenvalue weighted by atomic mass is 10.0. The van der Waals surface area contributed by atoms with Crippen LogP contribution in [0.1, 0.15) is 36.9 Å². The lowest BCUT2D eigenvalue weighted by molar-refractivity contribution is 0.171. The van der Waals surface area contributed by atoms with Gasteiger partial charge in [-0.15, -0.1) is 0 Å². The van der Waals surface area contributed by atoms with Crippen molar-refractivity contribution in [3.05, 3.63) is 47.7 Å². The van der Waals surface area contributed by atoms with Crippen LogP contribution in [0.5, 0.6) is 11.5 Å². The summed E-state index contributed by atoms with van der Waals surface area (Å²) >= 11 is 0. The molecule has 1 aromatic carbocycles. The van der Waals surface area contributed by atoms with Crippen molar-refractivity contribution in [3.63, 3.8) is 0 Å². The summed E-state index contributed by atoms with van der Waals surface area (Å²) in [5.74, 6) is 3.45. The van der Waals surface area contributed by atoms with Gasteiger partial charge in [0.2, 0.25) is 0 Å². The van der Waals surface area contributed by atoms with Crippen molar-refractivity contribution in [2.75, 3.05) is 31.7 Å². The molecule has 1 aliphatic heterocycles. The quantitative estimate of drug-likeness (QED) is 0.825. The van der Waals surface area contributed by atoms with Crippen LogP contribution >= 0.6 is 0 Å². The zero-order chi connectivity index (χ0) is 17.9. The molecule has 26 heavy (non-hydrogen) atoms. The van der Waals surface area contributed by atoms with Gasteiger partial charge in [0.25, 0.3) is 0 Å². The summed E-state index contributed by atoms with van der Waals surface area (Å²) < 4.78 is 11.4. The molecule has 0 radical (unpaired) electrons. The Morgan fingerprint density at radius 1 is 1.15 bits per heavy atom. The molecule has 1 atom stereocenters. The Kier molecular flexibility index (Phi) is 4.98. The molecule has 1 aromatic heterocycles. The lowest BCUT2D eigenvalue weighted by Crippen LogP contribution is -2.23. The van der Waals surface area contributed by atoms with Crippen LogP contribution in [-0.4, -0.2) is 31.8 Å². The van der Waals surface area contributed by atoms with Crippen molar-refractivity contribution in [1.29, 1.82) is 0 Å². The van der Waals surface area contributed by atoms with E-state index in [9.17, 15) is 0 Å². The summed E-state index contributed by atoms with van der Waals surface area (Å²) in [6.45, 7) is 5.16. The second-order valence-electron chi connectivity index (χ2n) is 7.14. The van der Waals surface area contributed by atoms with Crippen LogP contribution in [0.25, 0.3) is 0 Å². The van der Waals surface area contributed by atoms with Crippen molar-refractivity contribution in [3.8, 4) is 11.5 Å². The number of aromatic nitrogens is 1. The molecule has 0 spiro atoms. The Hall–Kier alpha value is -2.27. The summed E-state index contributed by atoms with van der Waals surface area (Å²) in [6.07, 6.45) is 4.54. The van der Waals surface area contributed by atoms with Gasteiger partial charge >= 0.3 is 0 Å². The van der Waals surface area contributed by atoms with Crippen molar-refractivity contribution in [1.82, 2.24) is 10.3 Å². The average molecular weight is 353 g/mol. The molecule has 0 bridgehead atoms. The third-order valence-corrected chi connectivity index (χ3v) is 5.22. The molecular formula is C21H27N3O2. The number of nitrogens with zero attached hydrogens (tertiary/aromatic N) is 2. The molecule has 0 unspecified atom stereocenters. The van der Waals surface area contributed by atoms with Crippen LogP contribution in [0.15, 0.2) is 36.5 Å². The SMILES string of the molecule is CCN(C)c1ccc(CN[C@@H](c2ccc3c(c2)OCCO3)C2CC2)cn1. The van der Waals surface area contributed by atoms with E-state index < -0.39 is 0 Å². The Balaban J connectivity index is 1.44. The molecule has 5 heteroatoms. The predicted octanol–water partition coefficient (Wildman–Crippen LogP) is 3.55. The Morgan fingerprint density at radius 3 is 2.65 bits per heavy atom. The minimum absolute atomic E-state index is 0.351. The van der Waals surface area contributed by atoms with E-state index >= 15 is 0 Å². The van der Waals surface area contributed by atoms with Gasteiger partial charge in [-0.25, -0.2) is 4.98 Å². The van der Waals surface area contributed by atoms with Gasteiger partial charge in [-0.2, -0.15) is 0 Å². The number of rotatable bonds is 7. The molecule has 5 nitrogen and oxygen atoms in total. The highest BCUT2D eigenvalue weighted by Gasteiger charge is 2.32. The van der Waals surface area contributed by atoms with Gasteiger partial charge in [-0.1, -0.05) is 12.1 Å². The van der Waals surface area contributed by atoms with Crippen molar-refractivity contribution < 1.29 is 9.47 Å². The van der Waals surface area contributed by atoms with E-state index in [0.717, 1.165) is 30.4 Å². The lowest BCUT2D eigenvalue weighted by Gasteiger charge is -2.23. The van der Waals surface area contributed by atoms with E-state index in [1.807, 2.05) is 12.3 Å². The van der Waals surface area contributed by atoms with E-state index in [1.54, 1.807) is 0 Å². The summed E-state index contributed by atoms with van der Waals surface area (Å²) in [5.41, 5.74) is 2.49. The standard InChI is InChI=1S/C21H27N3O2/c1-3-24(2)20-9-4-15(13-22-20)14-23-21(16-5-6-16)17-7-8-18-19(12-17)26-11-10-25-18/h4,7-9,12-13,16,21,23H,3,5-6,10-11,14H2,1-2H3/t21-/m1/s1. The number of nitrogens with one attached hydrogen (secondary N) is 1. The molecule has 1 saturated carbocycles. The maximum Gasteiger partial charge on any atom is 0.161 e. The van der Waals surface area contributed by atoms with Crippen LogP contribution in [0.3, 0.4) is 0 Å². The fourth-order valence-corrected chi connectivity index (χ4v) is 3.38. The van der Waals surface area contributed by atoms with E-state index in [2.05, 4.69) is 53.4 Å². The molecular weight excluding hydrogens is 326 g/mol. The topological polar surface area (TPSA) is 46.6 Å². The molecule has 4 rings (SSSR count). The predicted molar refractivity (Wildman–Crippen MR) is 103 cm³/mol. The van der Waals surface area contributed by atoms with Crippen LogP contribution in [0.2, 0.25) is 0 Å². The molecule has 2 aliphatic rings. The van der Waals surface area contributed by atoms with E-state index in [1.165, 1.54) is 24.0 Å². The molecule has 2 aromatic rings. The molecule has 1 fully saturated rings. The van der Waals surface area contributed by atoms with Gasteiger partial charge in [-0.05, 0) is 55.0 Å². The number of fused-ring (bicyclic) bond motifs is 1. The van der Waals surface area contributed by atoms with Gasteiger partial charge < -0.3 is 19.7 Å². The minimum Gasteiger partial charge on any atom is -0.486 e. The largest absolute Gasteiger partial charge is 0.486 e. The van der Waals surface area contributed by atoms with E-state index in [-0.39, 0.29) is 0 Å². The molecule has 138 valence electrons. The number of ether oxygens (including phenoxy) is 2. The Labute approximate surface area is 155 Å². The average Bonchev–Trinajstić information content (AvgIpc) is 3.53. The van der Waals surface area contributed by atoms with Crippen molar-refractivity contribution >= 4 is 5.82 Å². The molecule has 0 saturated heterocycles. The highest BCUT2D eigenvalue weighted by Crippen LogP contribution is 2.43. The fourth-order valence-electron chi connectivity index (χ4n) is 3.38. The first-order chi connectivity index (χ1) is 12.7. The van der Waals surface area contributed by atoms with Crippen LogP contribution in [0.4, 0.5) is 5.82 Å². The maximum absolute atomic E-state index is 5.76. The smallest absolute Gasteiger partial charge is 0.161 e. The first-order valence-corrected chi connectivity index (χ1v) is 9.53. The number of hydrogen-bond acceptors (Lipinski definition) is 5. The van der Waals surface area contributed by atoms with Gasteiger partial charge in [-0.3, -0.25) is 0 Å². The zero-order valence-corrected chi connectivity index (χ0v) is 15.6. The van der Waals surface area contributed by atoms with E-state index in [4.69, 9.17) is 9.47 Å². The van der Waals surface area contributed by atoms with Gasteiger partial charge in [0.1, 0.15) is 19.0 Å². The molecule has 1 N–H and O–H groups in total. The summed E-state index contributed by atoms with van der Waals surface area (Å²) in [6, 6.07) is 11.0. The van der Waals surface area contributed by atoms with Gasteiger partial charge in [0.15, 0.2) is 11.5 Å². The van der Waals surface area contributed by atoms with Crippen LogP contribution in [0, 0.1) is 5.92 Å². The third kappa shape index (κ3) is 3.78. The molecule has 0 amide bonds.